The number of allylic oxidation sites excluding steroid dienone is 1. The SMILES string of the molecule is N#CC(C#N)=Cc1c(O)cccc1Cl. The van der Waals surface area contributed by atoms with Crippen molar-refractivity contribution in [3.8, 4) is 17.9 Å². The van der Waals surface area contributed by atoms with E-state index in [9.17, 15) is 5.11 Å². The van der Waals surface area contributed by atoms with E-state index in [1.807, 2.05) is 0 Å². The van der Waals surface area contributed by atoms with Crippen molar-refractivity contribution in [1.82, 2.24) is 0 Å². The largest absolute Gasteiger partial charge is 0.507 e. The van der Waals surface area contributed by atoms with E-state index in [2.05, 4.69) is 0 Å². The molecular formula is C10H5ClN2O. The van der Waals surface area contributed by atoms with Crippen LogP contribution in [0.15, 0.2) is 23.8 Å². The molecule has 0 heterocycles. The molecule has 3 nitrogen and oxygen atoms in total. The highest BCUT2D eigenvalue weighted by Crippen LogP contribution is 2.27. The summed E-state index contributed by atoms with van der Waals surface area (Å²) in [7, 11) is 0. The van der Waals surface area contributed by atoms with Crippen LogP contribution in [0.5, 0.6) is 5.75 Å². The minimum Gasteiger partial charge on any atom is -0.507 e. The van der Waals surface area contributed by atoms with Gasteiger partial charge >= 0.3 is 0 Å². The van der Waals surface area contributed by atoms with E-state index in [-0.39, 0.29) is 16.9 Å². The van der Waals surface area contributed by atoms with Gasteiger partial charge in [0.15, 0.2) is 0 Å². The summed E-state index contributed by atoms with van der Waals surface area (Å²) in [5.74, 6) is -0.0551. The smallest absolute Gasteiger partial charge is 0.130 e. The monoisotopic (exact) mass is 204 g/mol. The van der Waals surface area contributed by atoms with Crippen LogP contribution in [-0.4, -0.2) is 5.11 Å². The van der Waals surface area contributed by atoms with Gasteiger partial charge < -0.3 is 5.11 Å². The zero-order valence-corrected chi connectivity index (χ0v) is 7.78. The molecule has 0 aliphatic rings. The Kier molecular flexibility index (Phi) is 3.12. The second-order valence-corrected chi connectivity index (χ2v) is 2.86. The zero-order valence-electron chi connectivity index (χ0n) is 7.03. The number of phenolic OH excluding ortho intramolecular Hbond substituents is 1. The number of rotatable bonds is 1. The number of nitriles is 2. The first-order valence-electron chi connectivity index (χ1n) is 3.68. The lowest BCUT2D eigenvalue weighted by molar-refractivity contribution is 0.474. The number of aromatic hydroxyl groups is 1. The Morgan fingerprint density at radius 2 is 2.00 bits per heavy atom. The van der Waals surface area contributed by atoms with Gasteiger partial charge in [0.2, 0.25) is 0 Å². The Bertz CT molecular complexity index is 430. The summed E-state index contributed by atoms with van der Waals surface area (Å²) >= 11 is 5.76. The molecule has 0 atom stereocenters. The van der Waals surface area contributed by atoms with E-state index < -0.39 is 0 Å². The van der Waals surface area contributed by atoms with Gasteiger partial charge in [-0.15, -0.1) is 0 Å². The summed E-state index contributed by atoms with van der Waals surface area (Å²) in [6.45, 7) is 0. The second-order valence-electron chi connectivity index (χ2n) is 2.45. The Hall–Kier alpha value is -1.97. The Morgan fingerprint density at radius 1 is 1.36 bits per heavy atom. The van der Waals surface area contributed by atoms with E-state index in [1.165, 1.54) is 12.1 Å². The molecule has 0 radical (unpaired) electrons. The first-order valence-corrected chi connectivity index (χ1v) is 4.06. The molecule has 0 fully saturated rings. The van der Waals surface area contributed by atoms with Crippen LogP contribution in [0.3, 0.4) is 0 Å². The fourth-order valence-corrected chi connectivity index (χ4v) is 1.13. The van der Waals surface area contributed by atoms with Crippen LogP contribution in [-0.2, 0) is 0 Å². The van der Waals surface area contributed by atoms with Crippen molar-refractivity contribution in [1.29, 1.82) is 10.5 Å². The molecule has 1 aromatic rings. The van der Waals surface area contributed by atoms with Gasteiger partial charge in [0.05, 0.1) is 5.02 Å². The highest BCUT2D eigenvalue weighted by Gasteiger charge is 2.04. The Labute approximate surface area is 86.1 Å². The molecule has 0 aliphatic carbocycles. The molecule has 0 spiro atoms. The minimum absolute atomic E-state index is 0.0551. The summed E-state index contributed by atoms with van der Waals surface area (Å²) in [5, 5.41) is 26.7. The molecule has 1 N–H and O–H groups in total. The van der Waals surface area contributed by atoms with Crippen molar-refractivity contribution in [3.63, 3.8) is 0 Å². The molecule has 1 rings (SSSR count). The highest BCUT2D eigenvalue weighted by atomic mass is 35.5. The molecule has 0 unspecified atom stereocenters. The van der Waals surface area contributed by atoms with E-state index in [4.69, 9.17) is 22.1 Å². The lowest BCUT2D eigenvalue weighted by Gasteiger charge is -2.00. The molecule has 0 aromatic heterocycles. The minimum atomic E-state index is -0.103. The van der Waals surface area contributed by atoms with E-state index >= 15 is 0 Å². The first kappa shape index (κ1) is 10.1. The average molecular weight is 205 g/mol. The molecule has 0 saturated carbocycles. The number of hydrogen-bond acceptors (Lipinski definition) is 3. The topological polar surface area (TPSA) is 67.8 Å². The van der Waals surface area contributed by atoms with Gasteiger partial charge in [0, 0.05) is 5.56 Å². The van der Waals surface area contributed by atoms with Crippen molar-refractivity contribution in [2.75, 3.05) is 0 Å². The third-order valence-electron chi connectivity index (χ3n) is 1.56. The predicted octanol–water partition coefficient (Wildman–Crippen LogP) is 2.48. The summed E-state index contributed by atoms with van der Waals surface area (Å²) in [6, 6.07) is 7.95. The summed E-state index contributed by atoms with van der Waals surface area (Å²) in [6.07, 6.45) is 1.25. The van der Waals surface area contributed by atoms with Gasteiger partial charge in [-0.2, -0.15) is 10.5 Å². The third kappa shape index (κ3) is 2.04. The molecule has 68 valence electrons. The van der Waals surface area contributed by atoms with Crippen LogP contribution < -0.4 is 0 Å². The van der Waals surface area contributed by atoms with Gasteiger partial charge in [-0.3, -0.25) is 0 Å². The lowest BCUT2D eigenvalue weighted by atomic mass is 10.1. The molecule has 14 heavy (non-hydrogen) atoms. The van der Waals surface area contributed by atoms with Crippen molar-refractivity contribution < 1.29 is 5.11 Å². The number of phenols is 1. The van der Waals surface area contributed by atoms with E-state index in [1.54, 1.807) is 24.3 Å². The van der Waals surface area contributed by atoms with E-state index in [0.29, 0.717) is 5.02 Å². The van der Waals surface area contributed by atoms with Crippen LogP contribution in [0, 0.1) is 22.7 Å². The van der Waals surface area contributed by atoms with Gasteiger partial charge in [-0.1, -0.05) is 17.7 Å². The van der Waals surface area contributed by atoms with Crippen molar-refractivity contribution in [3.05, 3.63) is 34.4 Å². The van der Waals surface area contributed by atoms with Crippen molar-refractivity contribution in [2.45, 2.75) is 0 Å². The van der Waals surface area contributed by atoms with Gasteiger partial charge in [-0.05, 0) is 18.2 Å². The number of hydrogen-bond donors (Lipinski definition) is 1. The molecule has 0 saturated heterocycles. The maximum absolute atomic E-state index is 9.38. The molecule has 0 bridgehead atoms. The van der Waals surface area contributed by atoms with Crippen LogP contribution >= 0.6 is 11.6 Å². The van der Waals surface area contributed by atoms with Gasteiger partial charge in [-0.25, -0.2) is 0 Å². The first-order chi connectivity index (χ1) is 6.69. The maximum Gasteiger partial charge on any atom is 0.130 e. The predicted molar refractivity (Wildman–Crippen MR) is 52.3 cm³/mol. The van der Waals surface area contributed by atoms with E-state index in [0.717, 1.165) is 0 Å². The average Bonchev–Trinajstić information content (AvgIpc) is 2.18. The van der Waals surface area contributed by atoms with Crippen LogP contribution in [0.25, 0.3) is 6.08 Å². The molecular weight excluding hydrogens is 200 g/mol. The fraction of sp³-hybridized carbons (Fsp3) is 0. The van der Waals surface area contributed by atoms with Crippen molar-refractivity contribution in [2.24, 2.45) is 0 Å². The van der Waals surface area contributed by atoms with Crippen LogP contribution in [0.2, 0.25) is 5.02 Å². The number of benzene rings is 1. The molecule has 1 aromatic carbocycles. The highest BCUT2D eigenvalue weighted by molar-refractivity contribution is 6.32. The lowest BCUT2D eigenvalue weighted by Crippen LogP contribution is -1.79. The molecule has 0 aliphatic heterocycles. The number of halogens is 1. The Balaban J connectivity index is 3.30. The molecule has 4 heteroatoms. The standard InChI is InChI=1S/C10H5ClN2O/c11-9-2-1-3-10(14)8(9)4-7(5-12)6-13/h1-4,14H. The van der Waals surface area contributed by atoms with Crippen molar-refractivity contribution >= 4 is 17.7 Å². The molecule has 0 amide bonds. The van der Waals surface area contributed by atoms with Crippen LogP contribution in [0.1, 0.15) is 5.56 Å². The summed E-state index contributed by atoms with van der Waals surface area (Å²) < 4.78 is 0. The second kappa shape index (κ2) is 4.32. The summed E-state index contributed by atoms with van der Waals surface area (Å²) in [4.78, 5) is 0. The Morgan fingerprint density at radius 3 is 2.50 bits per heavy atom. The third-order valence-corrected chi connectivity index (χ3v) is 1.89. The summed E-state index contributed by atoms with van der Waals surface area (Å²) in [5.41, 5.74) is 0.181. The fourth-order valence-electron chi connectivity index (χ4n) is 0.902. The quantitative estimate of drug-likeness (QED) is 0.715. The normalized spacial score (nSPS) is 8.50. The maximum atomic E-state index is 9.38. The van der Waals surface area contributed by atoms with Gasteiger partial charge in [0.1, 0.15) is 23.5 Å². The zero-order chi connectivity index (χ0) is 10.6. The van der Waals surface area contributed by atoms with Gasteiger partial charge in [0.25, 0.3) is 0 Å². The number of nitrogens with zero attached hydrogens (tertiary/aromatic N) is 2. The van der Waals surface area contributed by atoms with Crippen LogP contribution in [0.4, 0.5) is 0 Å².